The van der Waals surface area contributed by atoms with Crippen LogP contribution in [0.5, 0.6) is 0 Å². The van der Waals surface area contributed by atoms with Gasteiger partial charge < -0.3 is 5.11 Å². The monoisotopic (exact) mass is 423 g/mol. The molecule has 3 nitrogen and oxygen atoms in total. The number of nitrogens with zero attached hydrogens (tertiary/aromatic N) is 1. The normalized spacial score (nSPS) is 17.1. The topological polar surface area (TPSA) is 40.5 Å². The van der Waals surface area contributed by atoms with E-state index in [-0.39, 0.29) is 12.0 Å². The van der Waals surface area contributed by atoms with E-state index in [0.29, 0.717) is 12.8 Å². The maximum atomic E-state index is 11.3. The van der Waals surface area contributed by atoms with Crippen molar-refractivity contribution in [3.05, 3.63) is 82.3 Å². The van der Waals surface area contributed by atoms with Gasteiger partial charge in [-0.15, -0.1) is 0 Å². The van der Waals surface area contributed by atoms with E-state index >= 15 is 0 Å². The first-order valence-corrected chi connectivity index (χ1v) is 10.1. The number of carboxylic acids is 1. The highest BCUT2D eigenvalue weighted by Crippen LogP contribution is 2.34. The number of carbonyl (C=O) groups is 1. The van der Waals surface area contributed by atoms with Crippen molar-refractivity contribution < 1.29 is 9.90 Å². The Bertz CT molecular complexity index is 963. The van der Waals surface area contributed by atoms with Gasteiger partial charge in [-0.25, -0.2) is 0 Å². The van der Waals surface area contributed by atoms with Crippen molar-refractivity contribution in [3.63, 3.8) is 0 Å². The number of aliphatic carboxylic acids is 1. The fourth-order valence-electron chi connectivity index (χ4n) is 4.07. The third-order valence-electron chi connectivity index (χ3n) is 5.50. The molecule has 0 saturated carbocycles. The van der Waals surface area contributed by atoms with Crippen molar-refractivity contribution in [2.24, 2.45) is 5.92 Å². The summed E-state index contributed by atoms with van der Waals surface area (Å²) in [5, 5.41) is 11.8. The Morgan fingerprint density at radius 2 is 1.63 bits per heavy atom. The van der Waals surface area contributed by atoms with Crippen molar-refractivity contribution in [2.75, 3.05) is 13.1 Å². The van der Waals surface area contributed by atoms with Gasteiger partial charge in [0.05, 0.1) is 12.0 Å². The van der Waals surface area contributed by atoms with Crippen LogP contribution < -0.4 is 0 Å². The quantitative estimate of drug-likeness (QED) is 0.602. The fourth-order valence-corrected chi connectivity index (χ4v) is 4.49. The molecule has 1 atom stereocenters. The zero-order valence-corrected chi connectivity index (χ0v) is 16.6. The molecular formula is C23H22BrNO2. The Morgan fingerprint density at radius 3 is 2.33 bits per heavy atom. The fraction of sp³-hybridized carbons (Fsp3) is 0.261. The Balaban J connectivity index is 1.72. The minimum Gasteiger partial charge on any atom is -0.481 e. The lowest BCUT2D eigenvalue weighted by Gasteiger charge is -2.37. The molecule has 0 aliphatic carbocycles. The molecular weight excluding hydrogens is 402 g/mol. The van der Waals surface area contributed by atoms with Crippen LogP contribution >= 0.6 is 15.9 Å². The molecule has 0 bridgehead atoms. The number of piperidine rings is 1. The van der Waals surface area contributed by atoms with Gasteiger partial charge in [0.15, 0.2) is 0 Å². The summed E-state index contributed by atoms with van der Waals surface area (Å²) < 4.78 is 1.06. The van der Waals surface area contributed by atoms with E-state index in [1.807, 2.05) is 6.07 Å². The van der Waals surface area contributed by atoms with Gasteiger partial charge in [0.25, 0.3) is 0 Å². The first-order chi connectivity index (χ1) is 13.1. The lowest BCUT2D eigenvalue weighted by atomic mass is 9.90. The number of halogens is 1. The third-order valence-corrected chi connectivity index (χ3v) is 5.99. The number of hydrogen-bond acceptors (Lipinski definition) is 2. The molecule has 1 aliphatic heterocycles. The summed E-state index contributed by atoms with van der Waals surface area (Å²) in [7, 11) is 0. The van der Waals surface area contributed by atoms with Gasteiger partial charge >= 0.3 is 5.97 Å². The molecule has 0 radical (unpaired) electrons. The van der Waals surface area contributed by atoms with Crippen LogP contribution in [0, 0.1) is 5.92 Å². The van der Waals surface area contributed by atoms with E-state index in [0.717, 1.165) is 17.6 Å². The highest BCUT2D eigenvalue weighted by atomic mass is 79.9. The predicted octanol–water partition coefficient (Wildman–Crippen LogP) is 5.49. The van der Waals surface area contributed by atoms with Gasteiger partial charge in [0.1, 0.15) is 0 Å². The molecule has 1 saturated heterocycles. The summed E-state index contributed by atoms with van der Waals surface area (Å²) in [6.07, 6.45) is 1.40. The van der Waals surface area contributed by atoms with E-state index < -0.39 is 5.97 Å². The van der Waals surface area contributed by atoms with Crippen LogP contribution in [0.15, 0.2) is 71.2 Å². The molecule has 138 valence electrons. The molecule has 1 aliphatic rings. The van der Waals surface area contributed by atoms with E-state index in [9.17, 15) is 9.90 Å². The zero-order chi connectivity index (χ0) is 18.8. The van der Waals surface area contributed by atoms with Crippen molar-refractivity contribution in [2.45, 2.75) is 18.9 Å². The van der Waals surface area contributed by atoms with Crippen LogP contribution in [0.3, 0.4) is 0 Å². The van der Waals surface area contributed by atoms with Gasteiger partial charge in [-0.2, -0.15) is 0 Å². The van der Waals surface area contributed by atoms with E-state index in [4.69, 9.17) is 0 Å². The number of hydrogen-bond donors (Lipinski definition) is 1. The number of fused-ring (bicyclic) bond motifs is 1. The van der Waals surface area contributed by atoms with Gasteiger partial charge in [0.2, 0.25) is 0 Å². The number of carboxylic acid groups (broad SMARTS) is 1. The lowest BCUT2D eigenvalue weighted by molar-refractivity contribution is -0.143. The minimum atomic E-state index is -0.667. The zero-order valence-electron chi connectivity index (χ0n) is 15.0. The molecule has 0 amide bonds. The molecule has 1 unspecified atom stereocenters. The molecule has 27 heavy (non-hydrogen) atoms. The number of likely N-dealkylation sites (tertiary alicyclic amines) is 1. The van der Waals surface area contributed by atoms with Crippen molar-refractivity contribution in [1.82, 2.24) is 4.90 Å². The van der Waals surface area contributed by atoms with Crippen LogP contribution in [-0.4, -0.2) is 29.1 Å². The number of benzene rings is 3. The smallest absolute Gasteiger partial charge is 0.306 e. The van der Waals surface area contributed by atoms with Crippen molar-refractivity contribution >= 4 is 32.7 Å². The van der Waals surface area contributed by atoms with Crippen LogP contribution in [0.1, 0.15) is 30.0 Å². The van der Waals surface area contributed by atoms with Crippen LogP contribution in [0.2, 0.25) is 0 Å². The van der Waals surface area contributed by atoms with Crippen LogP contribution in [0.4, 0.5) is 0 Å². The summed E-state index contributed by atoms with van der Waals surface area (Å²) in [6.45, 7) is 1.59. The maximum absolute atomic E-state index is 11.3. The van der Waals surface area contributed by atoms with Gasteiger partial charge in [-0.1, -0.05) is 64.5 Å². The van der Waals surface area contributed by atoms with Crippen molar-refractivity contribution in [3.8, 4) is 0 Å². The Labute approximate surface area is 167 Å². The first kappa shape index (κ1) is 18.2. The summed E-state index contributed by atoms with van der Waals surface area (Å²) in [5.41, 5.74) is 2.48. The van der Waals surface area contributed by atoms with Crippen LogP contribution in [-0.2, 0) is 4.79 Å². The van der Waals surface area contributed by atoms with E-state index in [1.165, 1.54) is 21.9 Å². The summed E-state index contributed by atoms with van der Waals surface area (Å²) in [6, 6.07) is 23.6. The second-order valence-electron chi connectivity index (χ2n) is 7.21. The third kappa shape index (κ3) is 3.92. The van der Waals surface area contributed by atoms with Crippen LogP contribution in [0.25, 0.3) is 10.8 Å². The predicted molar refractivity (Wildman–Crippen MR) is 112 cm³/mol. The second-order valence-corrected chi connectivity index (χ2v) is 8.13. The van der Waals surface area contributed by atoms with E-state index in [2.05, 4.69) is 81.5 Å². The minimum absolute atomic E-state index is 0.127. The largest absolute Gasteiger partial charge is 0.481 e. The summed E-state index contributed by atoms with van der Waals surface area (Å²) in [5.74, 6) is -0.889. The first-order valence-electron chi connectivity index (χ1n) is 9.33. The van der Waals surface area contributed by atoms with E-state index in [1.54, 1.807) is 0 Å². The average molecular weight is 424 g/mol. The Kier molecular flexibility index (Phi) is 5.28. The summed E-state index contributed by atoms with van der Waals surface area (Å²) in [4.78, 5) is 13.8. The number of rotatable bonds is 4. The Hall–Kier alpha value is -2.17. The molecule has 0 aromatic heterocycles. The highest BCUT2D eigenvalue weighted by Gasteiger charge is 2.30. The highest BCUT2D eigenvalue weighted by molar-refractivity contribution is 9.10. The second kappa shape index (κ2) is 7.83. The van der Waals surface area contributed by atoms with Crippen molar-refractivity contribution in [1.29, 1.82) is 0 Å². The molecule has 3 aromatic rings. The van der Waals surface area contributed by atoms with Gasteiger partial charge in [-0.05, 0) is 66.0 Å². The standard InChI is InChI=1S/C23H22BrNO2/c24-21-7-3-6-19(15-21)22(25-12-10-17(11-13-25)23(26)27)20-9-8-16-4-1-2-5-18(16)14-20/h1-9,14-15,17,22H,10-13H2,(H,26,27). The maximum Gasteiger partial charge on any atom is 0.306 e. The molecule has 3 aromatic carbocycles. The molecule has 1 fully saturated rings. The molecule has 4 rings (SSSR count). The average Bonchev–Trinajstić information content (AvgIpc) is 2.68. The van der Waals surface area contributed by atoms with Gasteiger partial charge in [-0.3, -0.25) is 9.69 Å². The molecule has 1 heterocycles. The summed E-state index contributed by atoms with van der Waals surface area (Å²) >= 11 is 3.60. The molecule has 4 heteroatoms. The SMILES string of the molecule is O=C(O)C1CCN(C(c2cccc(Br)c2)c2ccc3ccccc3c2)CC1. The lowest BCUT2D eigenvalue weighted by Crippen LogP contribution is -2.39. The molecule has 1 N–H and O–H groups in total. The van der Waals surface area contributed by atoms with Gasteiger partial charge in [0, 0.05) is 4.47 Å². The molecule has 0 spiro atoms. The Morgan fingerprint density at radius 1 is 0.926 bits per heavy atom.